The number of methoxy groups -OCH3 is 1. The van der Waals surface area contributed by atoms with Crippen molar-refractivity contribution < 1.29 is 14.3 Å². The number of aromatic nitrogens is 2. The van der Waals surface area contributed by atoms with Crippen molar-refractivity contribution >= 4 is 29.3 Å². The Labute approximate surface area is 188 Å². The van der Waals surface area contributed by atoms with Crippen LogP contribution in [0.4, 0.5) is 17.5 Å². The fourth-order valence-corrected chi connectivity index (χ4v) is 4.25. The van der Waals surface area contributed by atoms with Gasteiger partial charge >= 0.3 is 0 Å². The van der Waals surface area contributed by atoms with E-state index in [-0.39, 0.29) is 24.2 Å². The molecule has 2 aliphatic heterocycles. The fourth-order valence-electron chi connectivity index (χ4n) is 4.25. The molecule has 1 unspecified atom stereocenters. The number of carbonyl (C=O) groups is 2. The number of amides is 2. The van der Waals surface area contributed by atoms with E-state index in [4.69, 9.17) is 4.74 Å². The summed E-state index contributed by atoms with van der Waals surface area (Å²) in [6.07, 6.45) is 0.252. The number of aryl methyl sites for hydroxylation is 1. The van der Waals surface area contributed by atoms with Gasteiger partial charge in [-0.15, -0.1) is 0 Å². The highest BCUT2D eigenvalue weighted by Crippen LogP contribution is 2.28. The van der Waals surface area contributed by atoms with Crippen molar-refractivity contribution in [3.8, 4) is 5.75 Å². The number of anilines is 3. The predicted molar refractivity (Wildman–Crippen MR) is 123 cm³/mol. The average molecular weight is 439 g/mol. The van der Waals surface area contributed by atoms with E-state index in [1.165, 1.54) is 0 Å². The minimum Gasteiger partial charge on any atom is -0.497 e. The highest BCUT2D eigenvalue weighted by molar-refractivity contribution is 6.00. The van der Waals surface area contributed by atoms with Gasteiger partial charge in [-0.2, -0.15) is 4.98 Å². The Morgan fingerprint density at radius 1 is 1.16 bits per heavy atom. The first kappa shape index (κ1) is 21.9. The Morgan fingerprint density at radius 2 is 1.88 bits per heavy atom. The highest BCUT2D eigenvalue weighted by atomic mass is 16.5. The maximum absolute atomic E-state index is 13.1. The van der Waals surface area contributed by atoms with Crippen LogP contribution in [0.5, 0.6) is 5.75 Å². The van der Waals surface area contributed by atoms with Crippen LogP contribution in [-0.4, -0.2) is 73.1 Å². The number of hydrogen-bond acceptors (Lipinski definition) is 7. The van der Waals surface area contributed by atoms with Crippen molar-refractivity contribution in [1.29, 1.82) is 0 Å². The number of nitrogens with zero attached hydrogens (tertiary/aromatic N) is 5. The third-order valence-corrected chi connectivity index (χ3v) is 5.95. The number of hydrogen-bond donors (Lipinski definition) is 1. The normalized spacial score (nSPS) is 18.8. The quantitative estimate of drug-likeness (QED) is 0.737. The second-order valence-electron chi connectivity index (χ2n) is 8.14. The van der Waals surface area contributed by atoms with Crippen LogP contribution < -0.4 is 19.9 Å². The minimum absolute atomic E-state index is 0.0143. The van der Waals surface area contributed by atoms with Gasteiger partial charge in [0.25, 0.3) is 0 Å². The van der Waals surface area contributed by atoms with E-state index in [2.05, 4.69) is 20.2 Å². The van der Waals surface area contributed by atoms with Gasteiger partial charge < -0.3 is 24.8 Å². The van der Waals surface area contributed by atoms with E-state index < -0.39 is 0 Å². The van der Waals surface area contributed by atoms with Crippen molar-refractivity contribution in [2.24, 2.45) is 5.92 Å². The Kier molecular flexibility index (Phi) is 6.43. The van der Waals surface area contributed by atoms with Crippen LogP contribution in [-0.2, 0) is 9.59 Å². The zero-order valence-electron chi connectivity index (χ0n) is 18.9. The number of piperazine rings is 1. The molecule has 32 heavy (non-hydrogen) atoms. The summed E-state index contributed by atoms with van der Waals surface area (Å²) in [6.45, 7) is 7.79. The van der Waals surface area contributed by atoms with Crippen LogP contribution in [0, 0.1) is 12.8 Å². The summed E-state index contributed by atoms with van der Waals surface area (Å²) in [7, 11) is 1.61. The largest absolute Gasteiger partial charge is 0.497 e. The van der Waals surface area contributed by atoms with E-state index in [0.29, 0.717) is 38.7 Å². The van der Waals surface area contributed by atoms with Crippen LogP contribution in [0.2, 0.25) is 0 Å². The maximum Gasteiger partial charge on any atom is 0.228 e. The lowest BCUT2D eigenvalue weighted by Gasteiger charge is -2.36. The molecule has 0 radical (unpaired) electrons. The number of rotatable bonds is 6. The van der Waals surface area contributed by atoms with Gasteiger partial charge in [-0.05, 0) is 38.1 Å². The van der Waals surface area contributed by atoms with Crippen molar-refractivity contribution in [3.63, 3.8) is 0 Å². The minimum atomic E-state index is -0.308. The summed E-state index contributed by atoms with van der Waals surface area (Å²) in [5.74, 6) is 1.98. The monoisotopic (exact) mass is 438 g/mol. The van der Waals surface area contributed by atoms with Gasteiger partial charge in [0.1, 0.15) is 11.6 Å². The second kappa shape index (κ2) is 9.42. The topological polar surface area (TPSA) is 90.9 Å². The SMILES string of the molecule is CCNc1nc(C)cc(N2CCN(C(=O)C3CC(=O)N(c4ccc(OC)cc4)C3)CC2)n1. The molecule has 2 aliphatic rings. The van der Waals surface area contributed by atoms with E-state index in [0.717, 1.165) is 29.5 Å². The van der Waals surface area contributed by atoms with Crippen LogP contribution in [0.1, 0.15) is 19.0 Å². The first-order valence-electron chi connectivity index (χ1n) is 11.1. The summed E-state index contributed by atoms with van der Waals surface area (Å²) in [5.41, 5.74) is 1.71. The molecule has 170 valence electrons. The molecule has 2 saturated heterocycles. The fraction of sp³-hybridized carbons (Fsp3) is 0.478. The maximum atomic E-state index is 13.1. The Balaban J connectivity index is 1.36. The Hall–Kier alpha value is -3.36. The molecule has 1 aromatic heterocycles. The second-order valence-corrected chi connectivity index (χ2v) is 8.14. The summed E-state index contributed by atoms with van der Waals surface area (Å²) >= 11 is 0. The molecular formula is C23H30N6O3. The molecule has 4 rings (SSSR count). The molecule has 2 aromatic rings. The molecule has 9 nitrogen and oxygen atoms in total. The summed E-state index contributed by atoms with van der Waals surface area (Å²) in [6, 6.07) is 9.34. The molecule has 2 amide bonds. The zero-order chi connectivity index (χ0) is 22.7. The van der Waals surface area contributed by atoms with Crippen molar-refractivity contribution in [2.75, 3.05) is 61.5 Å². The van der Waals surface area contributed by atoms with Gasteiger partial charge in [-0.1, -0.05) is 0 Å². The van der Waals surface area contributed by atoms with Gasteiger partial charge in [0, 0.05) is 63.1 Å². The molecule has 9 heteroatoms. The van der Waals surface area contributed by atoms with Crippen molar-refractivity contribution in [2.45, 2.75) is 20.3 Å². The zero-order valence-corrected chi connectivity index (χ0v) is 18.9. The first-order valence-corrected chi connectivity index (χ1v) is 11.1. The van der Waals surface area contributed by atoms with Crippen molar-refractivity contribution in [3.05, 3.63) is 36.0 Å². The lowest BCUT2D eigenvalue weighted by Crippen LogP contribution is -2.51. The van der Waals surface area contributed by atoms with Gasteiger partial charge in [-0.25, -0.2) is 4.98 Å². The standard InChI is InChI=1S/C23H30N6O3/c1-4-24-23-25-16(2)13-20(26-23)27-9-11-28(12-10-27)22(31)17-14-21(30)29(15-17)18-5-7-19(32-3)8-6-18/h5-8,13,17H,4,9-12,14-15H2,1-3H3,(H,24,25,26). The van der Waals surface area contributed by atoms with E-state index >= 15 is 0 Å². The van der Waals surface area contributed by atoms with Gasteiger partial charge in [0.2, 0.25) is 17.8 Å². The lowest BCUT2D eigenvalue weighted by atomic mass is 10.1. The molecular weight excluding hydrogens is 408 g/mol. The van der Waals surface area contributed by atoms with Crippen LogP contribution in [0.3, 0.4) is 0 Å². The molecule has 0 bridgehead atoms. The lowest BCUT2D eigenvalue weighted by molar-refractivity contribution is -0.136. The summed E-state index contributed by atoms with van der Waals surface area (Å²) in [5, 5.41) is 3.16. The third-order valence-electron chi connectivity index (χ3n) is 5.95. The predicted octanol–water partition coefficient (Wildman–Crippen LogP) is 1.93. The summed E-state index contributed by atoms with van der Waals surface area (Å²) in [4.78, 5) is 40.5. The van der Waals surface area contributed by atoms with Gasteiger partial charge in [0.15, 0.2) is 0 Å². The molecule has 1 atom stereocenters. The first-order chi connectivity index (χ1) is 15.5. The van der Waals surface area contributed by atoms with Crippen LogP contribution >= 0.6 is 0 Å². The molecule has 0 saturated carbocycles. The summed E-state index contributed by atoms with van der Waals surface area (Å²) < 4.78 is 5.18. The number of benzene rings is 1. The molecule has 2 fully saturated rings. The van der Waals surface area contributed by atoms with Crippen LogP contribution in [0.25, 0.3) is 0 Å². The molecule has 0 spiro atoms. The average Bonchev–Trinajstić information content (AvgIpc) is 3.20. The number of nitrogens with one attached hydrogen (secondary N) is 1. The Morgan fingerprint density at radius 3 is 2.53 bits per heavy atom. The molecule has 1 N–H and O–H groups in total. The highest BCUT2D eigenvalue weighted by Gasteiger charge is 2.38. The molecule has 0 aliphatic carbocycles. The molecule has 3 heterocycles. The Bertz CT molecular complexity index is 972. The van der Waals surface area contributed by atoms with E-state index in [1.54, 1.807) is 12.0 Å². The van der Waals surface area contributed by atoms with Crippen LogP contribution in [0.15, 0.2) is 30.3 Å². The smallest absolute Gasteiger partial charge is 0.228 e. The third kappa shape index (κ3) is 4.61. The molecule has 1 aromatic carbocycles. The van der Waals surface area contributed by atoms with Gasteiger partial charge in [0.05, 0.1) is 13.0 Å². The van der Waals surface area contributed by atoms with Gasteiger partial charge in [-0.3, -0.25) is 9.59 Å². The van der Waals surface area contributed by atoms with E-state index in [1.807, 2.05) is 49.1 Å². The van der Waals surface area contributed by atoms with Crippen molar-refractivity contribution in [1.82, 2.24) is 14.9 Å². The van der Waals surface area contributed by atoms with E-state index in [9.17, 15) is 9.59 Å². The number of carbonyl (C=O) groups excluding carboxylic acids is 2. The number of ether oxygens (including phenoxy) is 1.